The summed E-state index contributed by atoms with van der Waals surface area (Å²) < 4.78 is 45.6. The molecule has 0 aliphatic carbocycles. The second kappa shape index (κ2) is 10.1. The lowest BCUT2D eigenvalue weighted by atomic mass is 10.1. The van der Waals surface area contributed by atoms with Gasteiger partial charge >= 0.3 is 12.1 Å². The van der Waals surface area contributed by atoms with Crippen LogP contribution in [-0.2, 0) is 20.5 Å². The summed E-state index contributed by atoms with van der Waals surface area (Å²) in [5.74, 6) is -3.67. The molecule has 0 bridgehead atoms. The lowest BCUT2D eigenvalue weighted by Gasteiger charge is -2.21. The van der Waals surface area contributed by atoms with Crippen molar-refractivity contribution in [2.24, 2.45) is 0 Å². The third-order valence-corrected chi connectivity index (χ3v) is 9.48. The van der Waals surface area contributed by atoms with Crippen LogP contribution in [0.25, 0.3) is 0 Å². The first-order valence-corrected chi connectivity index (χ1v) is 12.3. The van der Waals surface area contributed by atoms with E-state index < -0.39 is 53.8 Å². The number of ether oxygens (including phenoxy) is 1. The molecule has 1 atom stereocenters. The van der Waals surface area contributed by atoms with Gasteiger partial charge in [-0.15, -0.1) is 0 Å². The van der Waals surface area contributed by atoms with E-state index in [0.717, 1.165) is 18.2 Å². The molecular formula is C20H11Br4F3N2O5. The van der Waals surface area contributed by atoms with Gasteiger partial charge in [0.05, 0.1) is 22.4 Å². The van der Waals surface area contributed by atoms with E-state index in [1.165, 1.54) is 13.0 Å². The molecule has 1 unspecified atom stereocenters. The lowest BCUT2D eigenvalue weighted by Crippen LogP contribution is -2.44. The van der Waals surface area contributed by atoms with Gasteiger partial charge in [-0.2, -0.15) is 13.2 Å². The van der Waals surface area contributed by atoms with Gasteiger partial charge in [0, 0.05) is 17.9 Å². The minimum Gasteiger partial charge on any atom is -0.454 e. The van der Waals surface area contributed by atoms with E-state index in [2.05, 4.69) is 63.7 Å². The Morgan fingerprint density at radius 1 is 0.971 bits per heavy atom. The molecule has 34 heavy (non-hydrogen) atoms. The Bertz CT molecular complexity index is 1190. The zero-order valence-electron chi connectivity index (χ0n) is 16.7. The molecule has 180 valence electrons. The van der Waals surface area contributed by atoms with Crippen LogP contribution in [0.15, 0.2) is 42.2 Å². The molecule has 1 aliphatic rings. The van der Waals surface area contributed by atoms with Crippen molar-refractivity contribution in [3.05, 3.63) is 58.8 Å². The van der Waals surface area contributed by atoms with Crippen molar-refractivity contribution in [2.75, 3.05) is 11.9 Å². The number of benzene rings is 2. The number of fused-ring (bicyclic) bond motifs is 1. The summed E-state index contributed by atoms with van der Waals surface area (Å²) in [5, 5.41) is 2.03. The summed E-state index contributed by atoms with van der Waals surface area (Å²) in [5.41, 5.74) is -1.53. The number of carbonyl (C=O) groups is 4. The molecule has 0 radical (unpaired) electrons. The number of esters is 1. The highest BCUT2D eigenvalue weighted by Crippen LogP contribution is 2.45. The van der Waals surface area contributed by atoms with Crippen LogP contribution < -0.4 is 5.32 Å². The van der Waals surface area contributed by atoms with E-state index in [1.54, 1.807) is 0 Å². The van der Waals surface area contributed by atoms with Gasteiger partial charge < -0.3 is 10.1 Å². The number of para-hydroxylation sites is 1. The third kappa shape index (κ3) is 4.95. The van der Waals surface area contributed by atoms with Crippen LogP contribution in [0.2, 0.25) is 0 Å². The summed E-state index contributed by atoms with van der Waals surface area (Å²) in [4.78, 5) is 51.1. The highest BCUT2D eigenvalue weighted by molar-refractivity contribution is 9.15. The summed E-state index contributed by atoms with van der Waals surface area (Å²) in [6.45, 7) is 0.301. The van der Waals surface area contributed by atoms with Gasteiger partial charge in [-0.25, -0.2) is 4.79 Å². The first-order valence-electron chi connectivity index (χ1n) is 9.13. The Kier molecular flexibility index (Phi) is 7.95. The normalized spacial score (nSPS) is 14.2. The van der Waals surface area contributed by atoms with Crippen LogP contribution in [0.4, 0.5) is 18.9 Å². The maximum Gasteiger partial charge on any atom is 0.418 e. The van der Waals surface area contributed by atoms with E-state index in [-0.39, 0.29) is 11.1 Å². The van der Waals surface area contributed by atoms with Crippen molar-refractivity contribution in [2.45, 2.75) is 19.1 Å². The second-order valence-electron chi connectivity index (χ2n) is 6.86. The van der Waals surface area contributed by atoms with Crippen molar-refractivity contribution < 1.29 is 37.1 Å². The number of alkyl halides is 3. The first kappa shape index (κ1) is 26.8. The zero-order chi connectivity index (χ0) is 25.5. The predicted octanol–water partition coefficient (Wildman–Crippen LogP) is 5.92. The van der Waals surface area contributed by atoms with Gasteiger partial charge in [-0.3, -0.25) is 19.3 Å². The number of amides is 3. The molecule has 2 aromatic carbocycles. The molecule has 2 aromatic rings. The number of rotatable bonds is 5. The maximum absolute atomic E-state index is 13.1. The van der Waals surface area contributed by atoms with E-state index >= 15 is 0 Å². The Morgan fingerprint density at radius 3 is 1.97 bits per heavy atom. The topological polar surface area (TPSA) is 92.8 Å². The molecule has 0 fully saturated rings. The number of hydrogen-bond acceptors (Lipinski definition) is 5. The van der Waals surface area contributed by atoms with E-state index in [9.17, 15) is 32.3 Å². The van der Waals surface area contributed by atoms with Crippen LogP contribution in [0, 0.1) is 0 Å². The summed E-state index contributed by atoms with van der Waals surface area (Å²) in [6.07, 6.45) is -4.70. The summed E-state index contributed by atoms with van der Waals surface area (Å²) in [6, 6.07) is 2.89. The molecule has 7 nitrogen and oxygen atoms in total. The lowest BCUT2D eigenvalue weighted by molar-refractivity contribution is -0.150. The Morgan fingerprint density at radius 2 is 1.47 bits per heavy atom. The summed E-state index contributed by atoms with van der Waals surface area (Å²) in [7, 11) is 0. The molecule has 0 saturated carbocycles. The van der Waals surface area contributed by atoms with Crippen LogP contribution >= 0.6 is 63.7 Å². The summed E-state index contributed by atoms with van der Waals surface area (Å²) >= 11 is 13.1. The SMILES string of the molecule is CC(C(=O)OCC(=O)Nc1ccccc1C(F)(F)F)N1C(=O)c2c(Br)c(Br)c(Br)c(Br)c2C1=O. The Hall–Kier alpha value is -1.77. The Labute approximate surface area is 223 Å². The smallest absolute Gasteiger partial charge is 0.418 e. The Balaban J connectivity index is 1.72. The third-order valence-electron chi connectivity index (χ3n) is 4.71. The molecule has 3 amide bonds. The van der Waals surface area contributed by atoms with Crippen LogP contribution in [0.1, 0.15) is 33.2 Å². The molecular weight excluding hydrogens is 725 g/mol. The molecule has 1 N–H and O–H groups in total. The van der Waals surface area contributed by atoms with Crippen molar-refractivity contribution in [1.29, 1.82) is 0 Å². The van der Waals surface area contributed by atoms with Crippen molar-refractivity contribution in [3.63, 3.8) is 0 Å². The van der Waals surface area contributed by atoms with Gasteiger partial charge in [-0.05, 0) is 82.8 Å². The van der Waals surface area contributed by atoms with E-state index in [1.807, 2.05) is 5.32 Å². The number of hydrogen-bond donors (Lipinski definition) is 1. The number of imide groups is 1. The first-order chi connectivity index (χ1) is 15.8. The predicted molar refractivity (Wildman–Crippen MR) is 128 cm³/mol. The molecule has 1 heterocycles. The van der Waals surface area contributed by atoms with E-state index in [4.69, 9.17) is 4.74 Å². The molecule has 0 aromatic heterocycles. The van der Waals surface area contributed by atoms with Crippen molar-refractivity contribution in [3.8, 4) is 0 Å². The standard InChI is InChI=1S/C20H11Br4F3N2O5/c1-7(29-17(31)11-12(18(29)32)14(22)16(24)15(23)13(11)21)19(33)34-6-10(30)28-9-5-3-2-4-8(9)20(25,26)27/h2-5,7H,6H2,1H3,(H,28,30). The number of halogens is 7. The van der Waals surface area contributed by atoms with Gasteiger partial charge in [0.1, 0.15) is 6.04 Å². The van der Waals surface area contributed by atoms with Crippen molar-refractivity contribution in [1.82, 2.24) is 4.90 Å². The highest BCUT2D eigenvalue weighted by atomic mass is 79.9. The number of nitrogens with zero attached hydrogens (tertiary/aromatic N) is 1. The fraction of sp³-hybridized carbons (Fsp3) is 0.200. The number of carbonyl (C=O) groups excluding carboxylic acids is 4. The average molecular weight is 736 g/mol. The fourth-order valence-electron chi connectivity index (χ4n) is 3.11. The quantitative estimate of drug-likeness (QED) is 0.178. The largest absolute Gasteiger partial charge is 0.454 e. The van der Waals surface area contributed by atoms with Gasteiger partial charge in [0.15, 0.2) is 6.61 Å². The monoisotopic (exact) mass is 732 g/mol. The minimum absolute atomic E-state index is 0.0214. The minimum atomic E-state index is -4.70. The number of anilines is 1. The molecule has 14 heteroatoms. The van der Waals surface area contributed by atoms with Gasteiger partial charge in [0.25, 0.3) is 17.7 Å². The second-order valence-corrected chi connectivity index (χ2v) is 10.0. The molecule has 0 spiro atoms. The average Bonchev–Trinajstić information content (AvgIpc) is 3.03. The molecule has 1 aliphatic heterocycles. The maximum atomic E-state index is 13.1. The van der Waals surface area contributed by atoms with Crippen molar-refractivity contribution >= 4 is 93.1 Å². The zero-order valence-corrected chi connectivity index (χ0v) is 23.1. The highest BCUT2D eigenvalue weighted by Gasteiger charge is 2.45. The van der Waals surface area contributed by atoms with Crippen LogP contribution in [0.3, 0.4) is 0 Å². The van der Waals surface area contributed by atoms with Gasteiger partial charge in [0.2, 0.25) is 0 Å². The van der Waals surface area contributed by atoms with Crippen LogP contribution in [0.5, 0.6) is 0 Å². The number of nitrogens with one attached hydrogen (secondary N) is 1. The fourth-order valence-corrected chi connectivity index (χ4v) is 5.56. The van der Waals surface area contributed by atoms with Crippen LogP contribution in [-0.4, -0.2) is 41.2 Å². The molecule has 3 rings (SSSR count). The van der Waals surface area contributed by atoms with Gasteiger partial charge in [-0.1, -0.05) is 12.1 Å². The van der Waals surface area contributed by atoms with E-state index in [0.29, 0.717) is 22.8 Å². The molecule has 0 saturated heterocycles.